The first-order valence-corrected chi connectivity index (χ1v) is 8.05. The molecule has 1 saturated heterocycles. The fourth-order valence-corrected chi connectivity index (χ4v) is 3.39. The van der Waals surface area contributed by atoms with E-state index in [0.29, 0.717) is 5.69 Å². The zero-order valence-corrected chi connectivity index (χ0v) is 13.3. The smallest absolute Gasteiger partial charge is 0.238 e. The summed E-state index contributed by atoms with van der Waals surface area (Å²) in [6, 6.07) is 4.17. The van der Waals surface area contributed by atoms with Crippen molar-refractivity contribution >= 4 is 29.0 Å². The molecule has 0 saturated carbocycles. The number of thioether (sulfide) groups is 1. The molecule has 1 amide bonds. The number of amides is 1. The highest BCUT2D eigenvalue weighted by Gasteiger charge is 2.24. The molecule has 0 aliphatic carbocycles. The van der Waals surface area contributed by atoms with Crippen LogP contribution in [0.1, 0.15) is 20.3 Å². The Kier molecular flexibility index (Phi) is 5.11. The van der Waals surface area contributed by atoms with Crippen molar-refractivity contribution in [1.29, 1.82) is 0 Å². The van der Waals surface area contributed by atoms with Gasteiger partial charge in [-0.2, -0.15) is 11.8 Å². The van der Waals surface area contributed by atoms with E-state index in [1.54, 1.807) is 0 Å². The SMILES string of the molecule is CC1(C)CCN(CC(=O)Nc2cc(N)ccc2F)CCS1. The number of rotatable bonds is 3. The molecule has 3 N–H and O–H groups in total. The molecule has 6 heteroatoms. The maximum absolute atomic E-state index is 13.6. The van der Waals surface area contributed by atoms with Gasteiger partial charge >= 0.3 is 0 Å². The van der Waals surface area contributed by atoms with E-state index in [1.807, 2.05) is 11.8 Å². The number of hydrogen-bond donors (Lipinski definition) is 2. The predicted octanol–water partition coefficient (Wildman–Crippen LogP) is 2.56. The van der Waals surface area contributed by atoms with Gasteiger partial charge in [0.15, 0.2) is 0 Å². The monoisotopic (exact) mass is 311 g/mol. The number of nitrogens with one attached hydrogen (secondary N) is 1. The molecule has 21 heavy (non-hydrogen) atoms. The molecule has 1 heterocycles. The van der Waals surface area contributed by atoms with Crippen LogP contribution in [0.3, 0.4) is 0 Å². The Balaban J connectivity index is 1.91. The van der Waals surface area contributed by atoms with Crippen LogP contribution in [-0.4, -0.2) is 40.9 Å². The highest BCUT2D eigenvalue weighted by molar-refractivity contribution is 8.00. The summed E-state index contributed by atoms with van der Waals surface area (Å²) in [6.45, 7) is 6.49. The molecule has 0 atom stereocenters. The van der Waals surface area contributed by atoms with Crippen LogP contribution in [0.5, 0.6) is 0 Å². The molecule has 1 aromatic rings. The van der Waals surface area contributed by atoms with Crippen LogP contribution in [-0.2, 0) is 4.79 Å². The van der Waals surface area contributed by atoms with E-state index in [4.69, 9.17) is 5.73 Å². The van der Waals surface area contributed by atoms with Gasteiger partial charge in [0.1, 0.15) is 5.82 Å². The normalized spacial score (nSPS) is 19.0. The van der Waals surface area contributed by atoms with Gasteiger partial charge in [0.2, 0.25) is 5.91 Å². The maximum Gasteiger partial charge on any atom is 0.238 e. The Labute approximate surface area is 129 Å². The van der Waals surface area contributed by atoms with Crippen molar-refractivity contribution in [2.45, 2.75) is 25.0 Å². The minimum absolute atomic E-state index is 0.143. The highest BCUT2D eigenvalue weighted by Crippen LogP contribution is 2.30. The molecule has 1 aliphatic rings. The number of anilines is 2. The van der Waals surface area contributed by atoms with E-state index in [1.165, 1.54) is 18.2 Å². The molecule has 2 rings (SSSR count). The zero-order valence-electron chi connectivity index (χ0n) is 12.5. The lowest BCUT2D eigenvalue weighted by molar-refractivity contribution is -0.117. The summed E-state index contributed by atoms with van der Waals surface area (Å²) in [6.07, 6.45) is 1.04. The fraction of sp³-hybridized carbons (Fsp3) is 0.533. The average Bonchev–Trinajstić information content (AvgIpc) is 2.55. The Morgan fingerprint density at radius 2 is 2.24 bits per heavy atom. The van der Waals surface area contributed by atoms with Gasteiger partial charge in [0, 0.05) is 29.3 Å². The molecular weight excluding hydrogens is 289 g/mol. The van der Waals surface area contributed by atoms with Crippen LogP contribution in [0.25, 0.3) is 0 Å². The second-order valence-corrected chi connectivity index (χ2v) is 7.72. The quantitative estimate of drug-likeness (QED) is 0.842. The molecule has 0 bridgehead atoms. The van der Waals surface area contributed by atoms with Crippen LogP contribution in [0.2, 0.25) is 0 Å². The molecule has 0 aromatic heterocycles. The first kappa shape index (κ1) is 16.1. The minimum Gasteiger partial charge on any atom is -0.399 e. The van der Waals surface area contributed by atoms with Gasteiger partial charge in [-0.1, -0.05) is 13.8 Å². The molecule has 116 valence electrons. The average molecular weight is 311 g/mol. The van der Waals surface area contributed by atoms with Crippen molar-refractivity contribution in [2.75, 3.05) is 36.4 Å². The number of nitrogens with zero attached hydrogens (tertiary/aromatic N) is 1. The third kappa shape index (κ3) is 4.89. The van der Waals surface area contributed by atoms with Crippen LogP contribution in [0, 0.1) is 5.82 Å². The minimum atomic E-state index is -0.467. The Hall–Kier alpha value is -1.27. The third-order valence-electron chi connectivity index (χ3n) is 3.56. The molecule has 4 nitrogen and oxygen atoms in total. The van der Waals surface area contributed by atoms with Crippen LogP contribution >= 0.6 is 11.8 Å². The molecule has 0 radical (unpaired) electrons. The molecule has 0 spiro atoms. The van der Waals surface area contributed by atoms with Crippen molar-refractivity contribution in [3.63, 3.8) is 0 Å². The zero-order chi connectivity index (χ0) is 15.5. The highest BCUT2D eigenvalue weighted by atomic mass is 32.2. The second-order valence-electron chi connectivity index (χ2n) is 5.92. The van der Waals surface area contributed by atoms with Crippen molar-refractivity contribution in [2.24, 2.45) is 0 Å². The van der Waals surface area contributed by atoms with Gasteiger partial charge in [0.25, 0.3) is 0 Å². The standard InChI is InChI=1S/C15H22FN3OS/c1-15(2)5-6-19(7-8-21-15)10-14(20)18-13-9-11(17)3-4-12(13)16/h3-4,9H,5-8,10,17H2,1-2H3,(H,18,20). The predicted molar refractivity (Wildman–Crippen MR) is 87.0 cm³/mol. The summed E-state index contributed by atoms with van der Waals surface area (Å²) in [5, 5.41) is 2.60. The number of carbonyl (C=O) groups is 1. The summed E-state index contributed by atoms with van der Waals surface area (Å²) in [5.41, 5.74) is 6.18. The molecule has 1 aliphatic heterocycles. The van der Waals surface area contributed by atoms with Gasteiger partial charge in [0.05, 0.1) is 12.2 Å². The Morgan fingerprint density at radius 1 is 1.48 bits per heavy atom. The largest absolute Gasteiger partial charge is 0.399 e. The molecule has 0 unspecified atom stereocenters. The van der Waals surface area contributed by atoms with Crippen molar-refractivity contribution < 1.29 is 9.18 Å². The maximum atomic E-state index is 13.6. The van der Waals surface area contributed by atoms with Gasteiger partial charge in [-0.25, -0.2) is 4.39 Å². The summed E-state index contributed by atoms with van der Waals surface area (Å²) >= 11 is 1.93. The lowest BCUT2D eigenvalue weighted by Crippen LogP contribution is -2.35. The van der Waals surface area contributed by atoms with E-state index in [2.05, 4.69) is 24.1 Å². The van der Waals surface area contributed by atoms with Crippen LogP contribution in [0.15, 0.2) is 18.2 Å². The number of benzene rings is 1. The number of nitrogen functional groups attached to an aromatic ring is 1. The summed E-state index contributed by atoms with van der Waals surface area (Å²) in [4.78, 5) is 14.2. The number of halogens is 1. The topological polar surface area (TPSA) is 58.4 Å². The third-order valence-corrected chi connectivity index (χ3v) is 4.93. The number of nitrogens with two attached hydrogens (primary N) is 1. The van der Waals surface area contributed by atoms with Crippen LogP contribution in [0.4, 0.5) is 15.8 Å². The van der Waals surface area contributed by atoms with Gasteiger partial charge in [-0.15, -0.1) is 0 Å². The first-order valence-electron chi connectivity index (χ1n) is 7.07. The molecular formula is C15H22FN3OS. The molecule has 1 aromatic carbocycles. The van der Waals surface area contributed by atoms with Gasteiger partial charge < -0.3 is 11.1 Å². The summed E-state index contributed by atoms with van der Waals surface area (Å²) in [5.74, 6) is 0.335. The second kappa shape index (κ2) is 6.66. The summed E-state index contributed by atoms with van der Waals surface area (Å²) < 4.78 is 13.8. The number of hydrogen-bond acceptors (Lipinski definition) is 4. The summed E-state index contributed by atoms with van der Waals surface area (Å²) in [7, 11) is 0. The molecule has 1 fully saturated rings. The van der Waals surface area contributed by atoms with E-state index >= 15 is 0 Å². The fourth-order valence-electron chi connectivity index (χ4n) is 2.25. The first-order chi connectivity index (χ1) is 9.85. The van der Waals surface area contributed by atoms with Gasteiger partial charge in [-0.3, -0.25) is 9.69 Å². The Bertz CT molecular complexity index is 522. The van der Waals surface area contributed by atoms with Gasteiger partial charge in [-0.05, 0) is 24.6 Å². The van der Waals surface area contributed by atoms with E-state index in [9.17, 15) is 9.18 Å². The van der Waals surface area contributed by atoms with E-state index in [-0.39, 0.29) is 22.9 Å². The lowest BCUT2D eigenvalue weighted by Gasteiger charge is -2.22. The Morgan fingerprint density at radius 3 is 3.00 bits per heavy atom. The van der Waals surface area contributed by atoms with Crippen molar-refractivity contribution in [1.82, 2.24) is 4.90 Å². The number of carbonyl (C=O) groups excluding carboxylic acids is 1. The van der Waals surface area contributed by atoms with Crippen LogP contribution < -0.4 is 11.1 Å². The van der Waals surface area contributed by atoms with E-state index < -0.39 is 5.82 Å². The van der Waals surface area contributed by atoms with Crippen molar-refractivity contribution in [3.05, 3.63) is 24.0 Å². The van der Waals surface area contributed by atoms with E-state index in [0.717, 1.165) is 25.3 Å². The lowest BCUT2D eigenvalue weighted by atomic mass is 10.1. The van der Waals surface area contributed by atoms with Crippen molar-refractivity contribution in [3.8, 4) is 0 Å².